The topological polar surface area (TPSA) is 57.5 Å². The lowest BCUT2D eigenvalue weighted by Crippen LogP contribution is -2.70. The third kappa shape index (κ3) is 3.17. The predicted molar refractivity (Wildman–Crippen MR) is 133 cm³/mol. The highest BCUT2D eigenvalue weighted by atomic mass is 35.5. The van der Waals surface area contributed by atoms with Gasteiger partial charge in [-0.2, -0.15) is 0 Å². The Labute approximate surface area is 205 Å². The van der Waals surface area contributed by atoms with Crippen LogP contribution >= 0.6 is 11.6 Å². The standard InChI is InChI=1S/C29H45ClO3/c1-15(2)16(3)18-12-19(18)17(4)21-9-10-22-20-13-24(30)29(33)11-7-8-25(32)28(29,6)26(20)23(31)14-27(21,22)5/h7-8,15-24,26,31,33H,9-14H2,1-6H3. The number of halogens is 1. The maximum atomic E-state index is 13.3. The minimum absolute atomic E-state index is 0.0503. The van der Waals surface area contributed by atoms with E-state index in [1.165, 1.54) is 19.3 Å². The maximum Gasteiger partial charge on any atom is 0.164 e. The van der Waals surface area contributed by atoms with Gasteiger partial charge >= 0.3 is 0 Å². The van der Waals surface area contributed by atoms with Gasteiger partial charge in [-0.25, -0.2) is 0 Å². The van der Waals surface area contributed by atoms with Gasteiger partial charge < -0.3 is 10.2 Å². The summed E-state index contributed by atoms with van der Waals surface area (Å²) in [7, 11) is 0. The first kappa shape index (κ1) is 24.3. The van der Waals surface area contributed by atoms with Crippen LogP contribution in [-0.4, -0.2) is 33.1 Å². The molecule has 0 bridgehead atoms. The molecule has 0 radical (unpaired) electrons. The average Bonchev–Trinajstić information content (AvgIpc) is 3.45. The van der Waals surface area contributed by atoms with Crippen molar-refractivity contribution in [3.05, 3.63) is 12.2 Å². The largest absolute Gasteiger partial charge is 0.393 e. The number of aliphatic hydroxyl groups is 2. The summed E-state index contributed by atoms with van der Waals surface area (Å²) in [5, 5.41) is 22.9. The van der Waals surface area contributed by atoms with Crippen LogP contribution in [0.3, 0.4) is 0 Å². The summed E-state index contributed by atoms with van der Waals surface area (Å²) in [6.45, 7) is 13.9. The van der Waals surface area contributed by atoms with Gasteiger partial charge in [-0.3, -0.25) is 4.79 Å². The van der Waals surface area contributed by atoms with Crippen LogP contribution in [0.1, 0.15) is 80.1 Å². The number of ketones is 1. The number of fused-ring (bicyclic) bond motifs is 5. The second-order valence-electron chi connectivity index (χ2n) is 13.6. The van der Waals surface area contributed by atoms with Crippen molar-refractivity contribution >= 4 is 17.4 Å². The third-order valence-electron chi connectivity index (χ3n) is 12.2. The van der Waals surface area contributed by atoms with Gasteiger partial charge in [0, 0.05) is 5.92 Å². The lowest BCUT2D eigenvalue weighted by molar-refractivity contribution is -0.215. The van der Waals surface area contributed by atoms with Gasteiger partial charge in [0.1, 0.15) is 0 Å². The Hall–Kier alpha value is -0.380. The molecule has 0 aliphatic heterocycles. The molecule has 33 heavy (non-hydrogen) atoms. The minimum Gasteiger partial charge on any atom is -0.393 e. The number of hydrogen-bond acceptors (Lipinski definition) is 3. The highest BCUT2D eigenvalue weighted by Gasteiger charge is 2.71. The summed E-state index contributed by atoms with van der Waals surface area (Å²) in [5.41, 5.74) is -2.18. The van der Waals surface area contributed by atoms with E-state index in [4.69, 9.17) is 11.6 Å². The summed E-state index contributed by atoms with van der Waals surface area (Å²) in [5.74, 6) is 4.89. The molecular weight excluding hydrogens is 432 g/mol. The number of alkyl halides is 1. The fourth-order valence-electron chi connectivity index (χ4n) is 9.92. The summed E-state index contributed by atoms with van der Waals surface area (Å²) >= 11 is 6.91. The highest BCUT2D eigenvalue weighted by Crippen LogP contribution is 2.70. The van der Waals surface area contributed by atoms with E-state index in [0.29, 0.717) is 30.6 Å². The van der Waals surface area contributed by atoms with E-state index >= 15 is 0 Å². The second kappa shape index (κ2) is 7.81. The molecule has 2 N–H and O–H groups in total. The molecule has 5 aliphatic rings. The fraction of sp³-hybridized carbons (Fsp3) is 0.897. The first-order chi connectivity index (χ1) is 15.4. The van der Waals surface area contributed by atoms with Crippen LogP contribution in [0.15, 0.2) is 12.2 Å². The highest BCUT2D eigenvalue weighted by molar-refractivity contribution is 6.22. The molecule has 13 atom stereocenters. The molecule has 4 heteroatoms. The molecule has 0 aromatic carbocycles. The molecular formula is C29H45ClO3. The zero-order chi connectivity index (χ0) is 24.1. The molecule has 5 aliphatic carbocycles. The first-order valence-electron chi connectivity index (χ1n) is 13.6. The van der Waals surface area contributed by atoms with Crippen LogP contribution in [0, 0.1) is 64.1 Å². The number of allylic oxidation sites excluding steroid dienone is 1. The van der Waals surface area contributed by atoms with E-state index < -0.39 is 22.5 Å². The Morgan fingerprint density at radius 3 is 2.45 bits per heavy atom. The van der Waals surface area contributed by atoms with Crippen LogP contribution in [0.25, 0.3) is 0 Å². The van der Waals surface area contributed by atoms with Gasteiger partial charge in [0.25, 0.3) is 0 Å². The third-order valence-corrected chi connectivity index (χ3v) is 12.8. The molecule has 0 amide bonds. The van der Waals surface area contributed by atoms with Crippen molar-refractivity contribution in [1.29, 1.82) is 0 Å². The van der Waals surface area contributed by atoms with Crippen LogP contribution in [0.5, 0.6) is 0 Å². The second-order valence-corrected chi connectivity index (χ2v) is 14.1. The van der Waals surface area contributed by atoms with Crippen LogP contribution in [0.2, 0.25) is 0 Å². The zero-order valence-electron chi connectivity index (χ0n) is 21.4. The molecule has 0 heterocycles. The molecule has 0 aromatic rings. The minimum atomic E-state index is -1.27. The van der Waals surface area contributed by atoms with Gasteiger partial charge in [0.05, 0.1) is 22.5 Å². The van der Waals surface area contributed by atoms with Crippen molar-refractivity contribution in [1.82, 2.24) is 0 Å². The van der Waals surface area contributed by atoms with Crippen LogP contribution in [0.4, 0.5) is 0 Å². The quantitative estimate of drug-likeness (QED) is 0.500. The van der Waals surface area contributed by atoms with Crippen molar-refractivity contribution in [3.63, 3.8) is 0 Å². The molecule has 0 saturated heterocycles. The molecule has 0 aromatic heterocycles. The van der Waals surface area contributed by atoms with E-state index in [1.54, 1.807) is 12.2 Å². The number of rotatable bonds is 4. The van der Waals surface area contributed by atoms with Crippen molar-refractivity contribution in [2.24, 2.45) is 64.1 Å². The van der Waals surface area contributed by atoms with Crippen molar-refractivity contribution in [3.8, 4) is 0 Å². The predicted octanol–water partition coefficient (Wildman–Crippen LogP) is 5.86. The van der Waals surface area contributed by atoms with E-state index in [0.717, 1.165) is 30.1 Å². The molecule has 4 saturated carbocycles. The van der Waals surface area contributed by atoms with E-state index in [9.17, 15) is 15.0 Å². The Kier molecular flexibility index (Phi) is 5.75. The lowest BCUT2D eigenvalue weighted by Gasteiger charge is -2.64. The molecule has 4 fully saturated rings. The molecule has 3 nitrogen and oxygen atoms in total. The molecule has 5 rings (SSSR count). The maximum absolute atomic E-state index is 13.3. The molecule has 13 unspecified atom stereocenters. The molecule has 186 valence electrons. The first-order valence-corrected chi connectivity index (χ1v) is 14.1. The number of carbonyl (C=O) groups excluding carboxylic acids is 1. The smallest absolute Gasteiger partial charge is 0.164 e. The van der Waals surface area contributed by atoms with Gasteiger partial charge in [0.2, 0.25) is 0 Å². The number of carbonyl (C=O) groups is 1. The fourth-order valence-corrected chi connectivity index (χ4v) is 10.4. The van der Waals surface area contributed by atoms with Gasteiger partial charge in [-0.1, -0.05) is 40.7 Å². The van der Waals surface area contributed by atoms with Crippen LogP contribution in [-0.2, 0) is 4.79 Å². The van der Waals surface area contributed by atoms with Crippen molar-refractivity contribution in [2.45, 2.75) is 97.1 Å². The Morgan fingerprint density at radius 1 is 1.09 bits per heavy atom. The summed E-state index contributed by atoms with van der Waals surface area (Å²) in [6, 6.07) is 0. The van der Waals surface area contributed by atoms with E-state index in [1.807, 2.05) is 6.92 Å². The Morgan fingerprint density at radius 2 is 1.79 bits per heavy atom. The Bertz CT molecular complexity index is 839. The van der Waals surface area contributed by atoms with Crippen molar-refractivity contribution < 1.29 is 15.0 Å². The number of hydrogen-bond donors (Lipinski definition) is 2. The normalized spacial score (nSPS) is 55.0. The van der Waals surface area contributed by atoms with Gasteiger partial charge in [0.15, 0.2) is 5.78 Å². The lowest BCUT2D eigenvalue weighted by atomic mass is 9.42. The van der Waals surface area contributed by atoms with Crippen molar-refractivity contribution in [2.75, 3.05) is 0 Å². The zero-order valence-corrected chi connectivity index (χ0v) is 22.2. The van der Waals surface area contributed by atoms with Crippen LogP contribution < -0.4 is 0 Å². The van der Waals surface area contributed by atoms with Gasteiger partial charge in [-0.05, 0) is 104 Å². The summed E-state index contributed by atoms with van der Waals surface area (Å²) < 4.78 is 0. The van der Waals surface area contributed by atoms with Gasteiger partial charge in [-0.15, -0.1) is 11.6 Å². The van der Waals surface area contributed by atoms with E-state index in [-0.39, 0.29) is 23.0 Å². The Balaban J connectivity index is 1.43. The monoisotopic (exact) mass is 476 g/mol. The summed E-state index contributed by atoms with van der Waals surface area (Å²) in [4.78, 5) is 13.3. The average molecular weight is 477 g/mol. The SMILES string of the molecule is CC(C)C(C)C1CC1C(C)C1CCC2C3CC(Cl)C4(O)CC=CC(=O)C4(C)C3C(O)CC12C. The number of aliphatic hydroxyl groups excluding tert-OH is 1. The summed E-state index contributed by atoms with van der Waals surface area (Å²) in [6.07, 6.45) is 8.44. The van der Waals surface area contributed by atoms with E-state index in [2.05, 4.69) is 34.6 Å². The molecule has 0 spiro atoms.